The molecule has 4 heteroatoms. The van der Waals surface area contributed by atoms with Crippen LogP contribution in [0.2, 0.25) is 0 Å². The minimum absolute atomic E-state index is 0.750. The van der Waals surface area contributed by atoms with Gasteiger partial charge in [0.2, 0.25) is 0 Å². The first-order chi connectivity index (χ1) is 2.27. The van der Waals surface area contributed by atoms with Gasteiger partial charge in [0, 0.05) is 0 Å². The quantitative estimate of drug-likeness (QED) is 0.612. The predicted octanol–water partition coefficient (Wildman–Crippen LogP) is -0.690. The summed E-state index contributed by atoms with van der Waals surface area (Å²) in [4.78, 5) is 0. The van der Waals surface area contributed by atoms with Crippen molar-refractivity contribution in [3.63, 3.8) is 0 Å². The molecule has 2 N–H and O–H groups in total. The van der Waals surface area contributed by atoms with Gasteiger partial charge in [-0.25, -0.2) is 0 Å². The molecule has 0 aromatic carbocycles. The van der Waals surface area contributed by atoms with Crippen LogP contribution in [0.1, 0.15) is 0 Å². The first-order valence-electron chi connectivity index (χ1n) is 0.899. The first kappa shape index (κ1) is 6.01. The molecule has 0 aliphatic carbocycles. The molecule has 0 atom stereocenters. The summed E-state index contributed by atoms with van der Waals surface area (Å²) in [6.45, 7) is 0. The van der Waals surface area contributed by atoms with E-state index < -0.39 is 0 Å². The Morgan fingerprint density at radius 2 is 2.00 bits per heavy atom. The summed E-state index contributed by atoms with van der Waals surface area (Å²) in [6, 6.07) is 0. The van der Waals surface area contributed by atoms with Crippen molar-refractivity contribution < 1.29 is 39.0 Å². The predicted molar refractivity (Wildman–Crippen MR) is 11.6 cm³/mol. The van der Waals surface area contributed by atoms with Crippen molar-refractivity contribution in [2.75, 3.05) is 0 Å². The Kier molecular flexibility index (Phi) is 3.85. The third-order valence-electron chi connectivity index (χ3n) is 0.0900. The molecule has 28 valence electrons. The second-order valence-electron chi connectivity index (χ2n) is 0.430. The van der Waals surface area contributed by atoms with Crippen molar-refractivity contribution in [1.29, 1.82) is 0 Å². The van der Waals surface area contributed by atoms with E-state index in [0.717, 1.165) is 4.15 Å². The Morgan fingerprint density at radius 3 is 2.00 bits per heavy atom. The van der Waals surface area contributed by atoms with E-state index in [-0.39, 0.29) is 0 Å². The van der Waals surface area contributed by atoms with Crippen LogP contribution in [-0.2, 0) is 39.0 Å². The van der Waals surface area contributed by atoms with Gasteiger partial charge in [0.15, 0.2) is 0 Å². The molecule has 0 aromatic heterocycles. The fraction of sp³-hybridized carbons (Fsp3) is 0. The molecule has 2 nitrogen and oxygen atoms in total. The van der Waals surface area contributed by atoms with Gasteiger partial charge in [-0.1, -0.05) is 0 Å². The van der Waals surface area contributed by atoms with E-state index in [1.165, 1.54) is 39.0 Å². The Hall–Kier alpha value is 1.01. The maximum atomic E-state index is 5.10. The summed E-state index contributed by atoms with van der Waals surface area (Å²) >= 11 is 2.45. The van der Waals surface area contributed by atoms with E-state index in [1.54, 1.807) is 0 Å². The third kappa shape index (κ3) is 5.01. The zero-order valence-electron chi connectivity index (χ0n) is 2.34. The summed E-state index contributed by atoms with van der Waals surface area (Å²) in [6.07, 6.45) is 0. The molecule has 0 fully saturated rings. The normalized spacial score (nSPS) is 6.60. The van der Waals surface area contributed by atoms with E-state index in [1.807, 2.05) is 0 Å². The molecule has 0 saturated heterocycles. The van der Waals surface area contributed by atoms with E-state index in [4.69, 9.17) is 5.73 Å². The van der Waals surface area contributed by atoms with Crippen LogP contribution in [0.15, 0.2) is 3.50 Å². The molecule has 0 rings (SSSR count). The summed E-state index contributed by atoms with van der Waals surface area (Å²) in [5.41, 5.74) is 5.10. The van der Waals surface area contributed by atoms with Gasteiger partial charge < -0.3 is 0 Å². The van der Waals surface area contributed by atoms with Crippen LogP contribution in [-0.4, -0.2) is 4.15 Å². The zero-order chi connectivity index (χ0) is 4.28. The van der Waals surface area contributed by atoms with Gasteiger partial charge in [0.1, 0.15) is 0 Å². The van der Waals surface area contributed by atoms with Crippen molar-refractivity contribution in [2.45, 2.75) is 0 Å². The molecule has 0 spiro atoms. The average Bonchev–Trinajstić information content (AvgIpc) is 1.38. The third-order valence-corrected chi connectivity index (χ3v) is 2.93. The van der Waals surface area contributed by atoms with Crippen LogP contribution in [0, 0.1) is 0 Å². The van der Waals surface area contributed by atoms with Gasteiger partial charge >= 0.3 is 52.4 Å². The van der Waals surface area contributed by atoms with Crippen LogP contribution >= 0.6 is 0 Å². The topological polar surface area (TPSA) is 38.4 Å². The van der Waals surface area contributed by atoms with Crippen molar-refractivity contribution in [3.8, 4) is 0 Å². The average molecular weight is 410 g/mol. The summed E-state index contributed by atoms with van der Waals surface area (Å²) in [7, 11) is 0. The SMILES string of the molecule is N[C](=[W])[N]=[W]. The number of nitrogens with two attached hydrogens (primary N) is 1. The fourth-order valence-electron chi connectivity index (χ4n) is 0. The van der Waals surface area contributed by atoms with Gasteiger partial charge in [0.25, 0.3) is 0 Å². The standard InChI is InChI=1S/CH2N2.2W/c2-1-3;;/h2H2;;. The molecule has 0 aromatic rings. The molecule has 0 amide bonds. The van der Waals surface area contributed by atoms with Gasteiger partial charge in [-0.15, -0.1) is 0 Å². The first-order valence-corrected chi connectivity index (χ1v) is 3.68. The Morgan fingerprint density at radius 1 is 1.80 bits per heavy atom. The van der Waals surface area contributed by atoms with Crippen LogP contribution in [0.3, 0.4) is 0 Å². The summed E-state index contributed by atoms with van der Waals surface area (Å²) < 4.78 is 4.45. The molecule has 0 radical (unpaired) electrons. The van der Waals surface area contributed by atoms with Crippen LogP contribution in [0.4, 0.5) is 0 Å². The molecule has 0 bridgehead atoms. The molecule has 5 heavy (non-hydrogen) atoms. The van der Waals surface area contributed by atoms with Crippen molar-refractivity contribution in [3.05, 3.63) is 0 Å². The van der Waals surface area contributed by atoms with E-state index in [2.05, 4.69) is 3.50 Å². The van der Waals surface area contributed by atoms with Crippen molar-refractivity contribution >= 4 is 4.15 Å². The monoisotopic (exact) mass is 410 g/mol. The Balaban J connectivity index is 3.20. The summed E-state index contributed by atoms with van der Waals surface area (Å²) in [5.74, 6) is 0. The fourth-order valence-corrected chi connectivity index (χ4v) is 0. The van der Waals surface area contributed by atoms with Crippen LogP contribution < -0.4 is 5.73 Å². The number of hydrogen-bond acceptors (Lipinski definition) is 2. The zero-order valence-corrected chi connectivity index (χ0v) is 8.21. The molecule has 0 saturated carbocycles. The van der Waals surface area contributed by atoms with E-state index >= 15 is 0 Å². The molecule has 0 heterocycles. The maximum absolute atomic E-state index is 5.10. The molecule has 0 aliphatic heterocycles. The van der Waals surface area contributed by atoms with Crippen molar-refractivity contribution in [1.82, 2.24) is 0 Å². The van der Waals surface area contributed by atoms with Gasteiger partial charge in [0.05, 0.1) is 0 Å². The Bertz CT molecular complexity index is 58.7. The van der Waals surface area contributed by atoms with Crippen molar-refractivity contribution in [2.24, 2.45) is 9.23 Å². The van der Waals surface area contributed by atoms with Crippen LogP contribution in [0.25, 0.3) is 0 Å². The number of rotatable bonds is 1. The second kappa shape index (κ2) is 3.21. The molecular weight excluding hydrogens is 408 g/mol. The number of hydrogen-bond donors (Lipinski definition) is 1. The van der Waals surface area contributed by atoms with E-state index in [9.17, 15) is 0 Å². The Labute approximate surface area is 52.3 Å². The molecular formula is CH2N2W2. The van der Waals surface area contributed by atoms with Gasteiger partial charge in [-0.3, -0.25) is 0 Å². The molecule has 0 unspecified atom stereocenters. The van der Waals surface area contributed by atoms with Gasteiger partial charge in [-0.05, 0) is 0 Å². The molecule has 0 aliphatic rings. The van der Waals surface area contributed by atoms with Gasteiger partial charge in [-0.2, -0.15) is 0 Å². The number of nitrogens with zero attached hydrogens (tertiary/aromatic N) is 1. The second-order valence-corrected chi connectivity index (χ2v) is 2.59. The summed E-state index contributed by atoms with van der Waals surface area (Å²) in [5, 5.41) is 0. The minimum atomic E-state index is 0.750. The van der Waals surface area contributed by atoms with E-state index in [0.29, 0.717) is 0 Å². The van der Waals surface area contributed by atoms with Crippen LogP contribution in [0.5, 0.6) is 0 Å².